The van der Waals surface area contributed by atoms with E-state index in [0.717, 1.165) is 0 Å². The first-order valence-electron chi connectivity index (χ1n) is 7.39. The van der Waals surface area contributed by atoms with Crippen molar-refractivity contribution in [3.05, 3.63) is 12.2 Å². The number of rotatable bonds is 0. The number of aliphatic hydroxyl groups is 5. The van der Waals surface area contributed by atoms with Crippen LogP contribution in [0.1, 0.15) is 26.7 Å². The van der Waals surface area contributed by atoms with Crippen LogP contribution in [0.2, 0.25) is 0 Å². The number of hydrogen-bond donors (Lipinski definition) is 5. The lowest BCUT2D eigenvalue weighted by Crippen LogP contribution is -2.64. The Morgan fingerprint density at radius 2 is 1.77 bits per heavy atom. The van der Waals surface area contributed by atoms with Gasteiger partial charge in [0.25, 0.3) is 0 Å². The Balaban J connectivity index is 2.19. The van der Waals surface area contributed by atoms with E-state index in [1.54, 1.807) is 0 Å². The SMILES string of the molecule is C=C1C(=O)OC2C1CCC(C)(O)C1(O)C(O)C(O)C(C)(O)C21. The van der Waals surface area contributed by atoms with Crippen LogP contribution in [0, 0.1) is 11.8 Å². The van der Waals surface area contributed by atoms with Crippen LogP contribution in [0.4, 0.5) is 0 Å². The molecule has 1 saturated heterocycles. The van der Waals surface area contributed by atoms with Crippen molar-refractivity contribution in [3.63, 3.8) is 0 Å². The Morgan fingerprint density at radius 1 is 1.18 bits per heavy atom. The lowest BCUT2D eigenvalue weighted by atomic mass is 9.70. The van der Waals surface area contributed by atoms with Gasteiger partial charge in [-0.15, -0.1) is 0 Å². The molecule has 22 heavy (non-hydrogen) atoms. The van der Waals surface area contributed by atoms with Crippen molar-refractivity contribution in [1.82, 2.24) is 0 Å². The quantitative estimate of drug-likeness (QED) is 0.271. The second-order valence-corrected chi connectivity index (χ2v) is 7.23. The Hall–Kier alpha value is -0.990. The van der Waals surface area contributed by atoms with Crippen LogP contribution >= 0.6 is 0 Å². The lowest BCUT2D eigenvalue weighted by Gasteiger charge is -2.45. The summed E-state index contributed by atoms with van der Waals surface area (Å²) in [4.78, 5) is 11.8. The van der Waals surface area contributed by atoms with Crippen molar-refractivity contribution < 1.29 is 35.1 Å². The van der Waals surface area contributed by atoms with Gasteiger partial charge in [-0.25, -0.2) is 4.79 Å². The third-order valence-electron chi connectivity index (χ3n) is 5.94. The van der Waals surface area contributed by atoms with E-state index in [9.17, 15) is 30.3 Å². The van der Waals surface area contributed by atoms with Gasteiger partial charge in [0, 0.05) is 11.5 Å². The molecule has 8 atom stereocenters. The largest absolute Gasteiger partial charge is 0.458 e. The van der Waals surface area contributed by atoms with Crippen LogP contribution in [0.5, 0.6) is 0 Å². The van der Waals surface area contributed by atoms with E-state index in [1.807, 2.05) is 0 Å². The maximum Gasteiger partial charge on any atom is 0.334 e. The highest BCUT2D eigenvalue weighted by Gasteiger charge is 2.75. The number of hydrogen-bond acceptors (Lipinski definition) is 7. The van der Waals surface area contributed by atoms with Crippen LogP contribution in [0.3, 0.4) is 0 Å². The molecule has 2 saturated carbocycles. The molecule has 1 heterocycles. The molecule has 3 aliphatic rings. The summed E-state index contributed by atoms with van der Waals surface area (Å²) in [5.41, 5.74) is -5.69. The van der Waals surface area contributed by atoms with E-state index in [2.05, 4.69) is 6.58 Å². The van der Waals surface area contributed by atoms with Gasteiger partial charge < -0.3 is 30.3 Å². The Morgan fingerprint density at radius 3 is 2.36 bits per heavy atom. The zero-order valence-corrected chi connectivity index (χ0v) is 12.6. The minimum atomic E-state index is -2.21. The molecule has 7 nitrogen and oxygen atoms in total. The number of aliphatic hydroxyl groups excluding tert-OH is 2. The molecular weight excluding hydrogens is 292 g/mol. The third kappa shape index (κ3) is 1.60. The molecule has 0 bridgehead atoms. The molecule has 0 aromatic heterocycles. The molecular formula is C15H22O7. The molecule has 0 aromatic carbocycles. The van der Waals surface area contributed by atoms with Gasteiger partial charge in [-0.1, -0.05) is 6.58 Å². The smallest absolute Gasteiger partial charge is 0.334 e. The van der Waals surface area contributed by atoms with Crippen molar-refractivity contribution in [2.24, 2.45) is 11.8 Å². The molecule has 7 heteroatoms. The van der Waals surface area contributed by atoms with E-state index in [1.165, 1.54) is 13.8 Å². The second-order valence-electron chi connectivity index (χ2n) is 7.23. The zero-order chi connectivity index (χ0) is 16.7. The number of ether oxygens (including phenoxy) is 1. The van der Waals surface area contributed by atoms with Crippen molar-refractivity contribution in [1.29, 1.82) is 0 Å². The number of fused-ring (bicyclic) bond motifs is 3. The summed E-state index contributed by atoms with van der Waals surface area (Å²) >= 11 is 0. The summed E-state index contributed by atoms with van der Waals surface area (Å²) in [6.45, 7) is 6.30. The molecule has 2 aliphatic carbocycles. The second kappa shape index (κ2) is 4.30. The average molecular weight is 314 g/mol. The standard InChI is InChI=1S/C15H22O7/c1-6-7-4-5-13(2,19)15(21)9(8(7)22-12(6)18)14(3,20)10(16)11(15)17/h7-11,16-17,19-21H,1,4-5H2,2-3H3. The Bertz CT molecular complexity index is 540. The van der Waals surface area contributed by atoms with Gasteiger partial charge in [0.1, 0.15) is 23.9 Å². The molecule has 3 fully saturated rings. The van der Waals surface area contributed by atoms with Crippen LogP contribution in [-0.2, 0) is 9.53 Å². The summed E-state index contributed by atoms with van der Waals surface area (Å²) in [6.07, 6.45) is -4.02. The maximum absolute atomic E-state index is 11.8. The van der Waals surface area contributed by atoms with Crippen LogP contribution in [0.15, 0.2) is 12.2 Å². The van der Waals surface area contributed by atoms with Crippen LogP contribution < -0.4 is 0 Å². The first kappa shape index (κ1) is 15.9. The van der Waals surface area contributed by atoms with E-state index >= 15 is 0 Å². The van der Waals surface area contributed by atoms with Crippen molar-refractivity contribution >= 4 is 5.97 Å². The molecule has 1 aliphatic heterocycles. The normalized spacial score (nSPS) is 58.0. The fourth-order valence-electron chi connectivity index (χ4n) is 4.52. The fourth-order valence-corrected chi connectivity index (χ4v) is 4.52. The van der Waals surface area contributed by atoms with Crippen molar-refractivity contribution in [2.45, 2.75) is 61.8 Å². The van der Waals surface area contributed by atoms with Crippen molar-refractivity contribution in [3.8, 4) is 0 Å². The highest BCUT2D eigenvalue weighted by atomic mass is 16.6. The zero-order valence-electron chi connectivity index (χ0n) is 12.6. The van der Waals surface area contributed by atoms with E-state index < -0.39 is 52.9 Å². The number of carbonyl (C=O) groups excluding carboxylic acids is 1. The van der Waals surface area contributed by atoms with Gasteiger partial charge in [0.2, 0.25) is 0 Å². The predicted molar refractivity (Wildman–Crippen MR) is 73.4 cm³/mol. The van der Waals surface area contributed by atoms with E-state index in [0.29, 0.717) is 6.42 Å². The minimum absolute atomic E-state index is 0.0662. The van der Waals surface area contributed by atoms with Crippen LogP contribution in [-0.4, -0.2) is 66.6 Å². The Labute approximate surface area is 127 Å². The van der Waals surface area contributed by atoms with Gasteiger partial charge in [-0.2, -0.15) is 0 Å². The highest BCUT2D eigenvalue weighted by Crippen LogP contribution is 2.57. The average Bonchev–Trinajstić information content (AvgIpc) is 2.71. The minimum Gasteiger partial charge on any atom is -0.458 e. The predicted octanol–water partition coefficient (Wildman–Crippen LogP) is -1.54. The number of esters is 1. The first-order valence-corrected chi connectivity index (χ1v) is 7.39. The highest BCUT2D eigenvalue weighted by molar-refractivity contribution is 5.91. The monoisotopic (exact) mass is 314 g/mol. The summed E-state index contributed by atoms with van der Waals surface area (Å²) in [7, 11) is 0. The molecule has 8 unspecified atom stereocenters. The van der Waals surface area contributed by atoms with E-state index in [4.69, 9.17) is 4.74 Å². The molecule has 0 radical (unpaired) electrons. The number of carbonyl (C=O) groups is 1. The summed E-state index contributed by atoms with van der Waals surface area (Å²) in [6, 6.07) is 0. The topological polar surface area (TPSA) is 127 Å². The maximum atomic E-state index is 11.8. The van der Waals surface area contributed by atoms with Gasteiger partial charge in [-0.3, -0.25) is 0 Å². The van der Waals surface area contributed by atoms with Gasteiger partial charge in [0.15, 0.2) is 0 Å². The van der Waals surface area contributed by atoms with E-state index in [-0.39, 0.29) is 12.0 Å². The van der Waals surface area contributed by atoms with Gasteiger partial charge in [-0.05, 0) is 26.7 Å². The summed E-state index contributed by atoms with van der Waals surface area (Å²) < 4.78 is 5.27. The molecule has 0 spiro atoms. The van der Waals surface area contributed by atoms with Gasteiger partial charge >= 0.3 is 5.97 Å². The van der Waals surface area contributed by atoms with Gasteiger partial charge in [0.05, 0.1) is 17.1 Å². The third-order valence-corrected chi connectivity index (χ3v) is 5.94. The fraction of sp³-hybridized carbons (Fsp3) is 0.800. The lowest BCUT2D eigenvalue weighted by molar-refractivity contribution is -0.226. The summed E-state index contributed by atoms with van der Waals surface area (Å²) in [5, 5.41) is 52.9. The first-order chi connectivity index (χ1) is 9.96. The Kier molecular flexibility index (Phi) is 3.11. The molecule has 3 rings (SSSR count). The summed E-state index contributed by atoms with van der Waals surface area (Å²) in [5.74, 6) is -2.34. The molecule has 0 amide bonds. The molecule has 0 aromatic rings. The molecule has 124 valence electrons. The van der Waals surface area contributed by atoms with Crippen LogP contribution in [0.25, 0.3) is 0 Å². The van der Waals surface area contributed by atoms with Crippen molar-refractivity contribution in [2.75, 3.05) is 0 Å². The molecule has 5 N–H and O–H groups in total.